The molecule has 0 saturated heterocycles. The molecule has 2 aromatic carbocycles. The van der Waals surface area contributed by atoms with Crippen LogP contribution in [0.4, 0.5) is 15.8 Å². The van der Waals surface area contributed by atoms with Crippen LogP contribution in [0.5, 0.6) is 5.75 Å². The van der Waals surface area contributed by atoms with Crippen molar-refractivity contribution < 1.29 is 18.8 Å². The fourth-order valence-corrected chi connectivity index (χ4v) is 2.02. The van der Waals surface area contributed by atoms with Crippen molar-refractivity contribution >= 4 is 17.3 Å². The second kappa shape index (κ2) is 8.05. The Morgan fingerprint density at radius 1 is 1.25 bits per heavy atom. The molecule has 7 heteroatoms. The van der Waals surface area contributed by atoms with Gasteiger partial charge in [-0.15, -0.1) is 0 Å². The summed E-state index contributed by atoms with van der Waals surface area (Å²) in [6, 6.07) is 9.94. The van der Waals surface area contributed by atoms with Crippen LogP contribution in [0.2, 0.25) is 0 Å². The lowest BCUT2D eigenvalue weighted by molar-refractivity contribution is -0.384. The highest BCUT2D eigenvalue weighted by molar-refractivity contribution is 5.91. The first-order valence-corrected chi connectivity index (χ1v) is 7.39. The molecule has 0 fully saturated rings. The third-order valence-electron chi connectivity index (χ3n) is 3.34. The van der Waals surface area contributed by atoms with Crippen molar-refractivity contribution in [2.75, 3.05) is 11.9 Å². The highest BCUT2D eigenvalue weighted by atomic mass is 19.1. The van der Waals surface area contributed by atoms with Crippen LogP contribution in [-0.4, -0.2) is 17.4 Å². The van der Waals surface area contributed by atoms with Crippen molar-refractivity contribution in [3.05, 3.63) is 64.0 Å². The number of anilines is 1. The van der Waals surface area contributed by atoms with E-state index >= 15 is 0 Å². The highest BCUT2D eigenvalue weighted by Gasteiger charge is 2.11. The van der Waals surface area contributed by atoms with Crippen LogP contribution in [0.3, 0.4) is 0 Å². The molecule has 1 N–H and O–H groups in total. The van der Waals surface area contributed by atoms with Crippen molar-refractivity contribution in [1.29, 1.82) is 0 Å². The van der Waals surface area contributed by atoms with Crippen molar-refractivity contribution in [3.63, 3.8) is 0 Å². The normalized spacial score (nSPS) is 10.2. The number of nitrogens with zero attached hydrogens (tertiary/aromatic N) is 1. The molecule has 0 spiro atoms. The zero-order valence-corrected chi connectivity index (χ0v) is 13.1. The number of halogens is 1. The summed E-state index contributed by atoms with van der Waals surface area (Å²) in [5.74, 6) is -0.0540. The number of nitro benzene ring substituents is 1. The number of amides is 1. The van der Waals surface area contributed by atoms with E-state index in [4.69, 9.17) is 4.74 Å². The Kier molecular flexibility index (Phi) is 5.83. The van der Waals surface area contributed by atoms with Crippen LogP contribution in [0, 0.1) is 22.9 Å². The SMILES string of the molecule is Cc1ccc([N+](=O)[O-])cc1NC(=O)CCCOc1ccc(F)cc1. The van der Waals surface area contributed by atoms with Gasteiger partial charge in [0.15, 0.2) is 0 Å². The number of rotatable bonds is 7. The van der Waals surface area contributed by atoms with E-state index in [2.05, 4.69) is 5.32 Å². The van der Waals surface area contributed by atoms with Gasteiger partial charge >= 0.3 is 0 Å². The highest BCUT2D eigenvalue weighted by Crippen LogP contribution is 2.22. The van der Waals surface area contributed by atoms with E-state index in [9.17, 15) is 19.3 Å². The first-order valence-electron chi connectivity index (χ1n) is 7.39. The summed E-state index contributed by atoms with van der Waals surface area (Å²) in [6.45, 7) is 2.07. The van der Waals surface area contributed by atoms with Gasteiger partial charge in [0.2, 0.25) is 5.91 Å². The Hall–Kier alpha value is -2.96. The third kappa shape index (κ3) is 5.05. The van der Waals surface area contributed by atoms with Gasteiger partial charge in [0.05, 0.1) is 17.2 Å². The molecule has 1 amide bonds. The van der Waals surface area contributed by atoms with Gasteiger partial charge in [-0.1, -0.05) is 6.07 Å². The monoisotopic (exact) mass is 332 g/mol. The number of non-ortho nitro benzene ring substituents is 1. The minimum absolute atomic E-state index is 0.0736. The smallest absolute Gasteiger partial charge is 0.271 e. The van der Waals surface area contributed by atoms with E-state index in [1.54, 1.807) is 13.0 Å². The van der Waals surface area contributed by atoms with Crippen LogP contribution < -0.4 is 10.1 Å². The fourth-order valence-electron chi connectivity index (χ4n) is 2.02. The van der Waals surface area contributed by atoms with Crippen LogP contribution in [0.25, 0.3) is 0 Å². The lowest BCUT2D eigenvalue weighted by Crippen LogP contribution is -2.13. The maximum Gasteiger partial charge on any atom is 0.271 e. The number of nitrogens with one attached hydrogen (secondary N) is 1. The molecule has 0 aliphatic rings. The van der Waals surface area contributed by atoms with Gasteiger partial charge in [0.25, 0.3) is 5.69 Å². The van der Waals surface area contributed by atoms with Crippen LogP contribution in [-0.2, 0) is 4.79 Å². The van der Waals surface area contributed by atoms with Gasteiger partial charge in [0.1, 0.15) is 11.6 Å². The number of nitro groups is 1. The second-order valence-electron chi connectivity index (χ2n) is 5.21. The molecule has 0 unspecified atom stereocenters. The van der Waals surface area contributed by atoms with Gasteiger partial charge in [-0.2, -0.15) is 0 Å². The molecule has 0 aliphatic heterocycles. The molecule has 0 saturated carbocycles. The molecular formula is C17H17FN2O4. The van der Waals surface area contributed by atoms with E-state index in [1.807, 2.05) is 0 Å². The maximum absolute atomic E-state index is 12.7. The van der Waals surface area contributed by atoms with Gasteiger partial charge in [-0.25, -0.2) is 4.39 Å². The Bertz CT molecular complexity index is 732. The zero-order valence-electron chi connectivity index (χ0n) is 13.1. The summed E-state index contributed by atoms with van der Waals surface area (Å²) in [5, 5.41) is 13.4. The average Bonchev–Trinajstić information content (AvgIpc) is 2.55. The molecule has 6 nitrogen and oxygen atoms in total. The minimum atomic E-state index is -0.508. The molecule has 2 rings (SSSR count). The number of hydrogen-bond acceptors (Lipinski definition) is 4. The van der Waals surface area contributed by atoms with E-state index in [0.717, 1.165) is 5.56 Å². The number of carbonyl (C=O) groups excluding carboxylic acids is 1. The zero-order chi connectivity index (χ0) is 17.5. The molecule has 126 valence electrons. The number of carbonyl (C=O) groups is 1. The Morgan fingerprint density at radius 2 is 1.96 bits per heavy atom. The van der Waals surface area contributed by atoms with E-state index in [1.165, 1.54) is 36.4 Å². The number of ether oxygens (including phenoxy) is 1. The molecule has 0 heterocycles. The number of benzene rings is 2. The quantitative estimate of drug-likeness (QED) is 0.474. The van der Waals surface area contributed by atoms with Crippen LogP contribution in [0.15, 0.2) is 42.5 Å². The van der Waals surface area contributed by atoms with Gasteiger partial charge in [-0.05, 0) is 43.2 Å². The van der Waals surface area contributed by atoms with E-state index in [-0.39, 0.29) is 23.8 Å². The summed E-state index contributed by atoms with van der Waals surface area (Å²) in [5.41, 5.74) is 1.10. The van der Waals surface area contributed by atoms with Crippen LogP contribution in [0.1, 0.15) is 18.4 Å². The Balaban J connectivity index is 1.80. The molecule has 0 aliphatic carbocycles. The Labute approximate surface area is 138 Å². The standard InChI is InChI=1S/C17H17FN2O4/c1-12-4-7-14(20(22)23)11-16(12)19-17(21)3-2-10-24-15-8-5-13(18)6-9-15/h4-9,11H,2-3,10H2,1H3,(H,19,21). The largest absolute Gasteiger partial charge is 0.494 e. The summed E-state index contributed by atoms with van der Waals surface area (Å²) in [7, 11) is 0. The molecule has 0 atom stereocenters. The summed E-state index contributed by atoms with van der Waals surface area (Å²) >= 11 is 0. The summed E-state index contributed by atoms with van der Waals surface area (Å²) in [4.78, 5) is 22.2. The number of aryl methyl sites for hydroxylation is 1. The summed E-state index contributed by atoms with van der Waals surface area (Å²) < 4.78 is 18.1. The van der Waals surface area contributed by atoms with Crippen LogP contribution >= 0.6 is 0 Å². The average molecular weight is 332 g/mol. The lowest BCUT2D eigenvalue weighted by Gasteiger charge is -2.09. The van der Waals surface area contributed by atoms with E-state index in [0.29, 0.717) is 24.5 Å². The van der Waals surface area contributed by atoms with Gasteiger partial charge in [0, 0.05) is 18.6 Å². The molecule has 2 aromatic rings. The lowest BCUT2D eigenvalue weighted by atomic mass is 10.1. The molecule has 24 heavy (non-hydrogen) atoms. The molecule has 0 aromatic heterocycles. The van der Waals surface area contributed by atoms with Gasteiger partial charge < -0.3 is 10.1 Å². The predicted octanol–water partition coefficient (Wildman–Crippen LogP) is 3.84. The number of hydrogen-bond donors (Lipinski definition) is 1. The molecular weight excluding hydrogens is 315 g/mol. The topological polar surface area (TPSA) is 81.5 Å². The first-order chi connectivity index (χ1) is 11.5. The van der Waals surface area contributed by atoms with E-state index < -0.39 is 4.92 Å². The van der Waals surface area contributed by atoms with Gasteiger partial charge in [-0.3, -0.25) is 14.9 Å². The summed E-state index contributed by atoms with van der Waals surface area (Å²) in [6.07, 6.45) is 0.681. The molecule has 0 bridgehead atoms. The maximum atomic E-state index is 12.7. The first kappa shape index (κ1) is 17.4. The Morgan fingerprint density at radius 3 is 2.62 bits per heavy atom. The molecule has 0 radical (unpaired) electrons. The second-order valence-corrected chi connectivity index (χ2v) is 5.21. The third-order valence-corrected chi connectivity index (χ3v) is 3.34. The minimum Gasteiger partial charge on any atom is -0.494 e. The van der Waals surface area contributed by atoms with Crippen molar-refractivity contribution in [2.45, 2.75) is 19.8 Å². The van der Waals surface area contributed by atoms with Crippen molar-refractivity contribution in [1.82, 2.24) is 0 Å². The van der Waals surface area contributed by atoms with Crippen molar-refractivity contribution in [2.24, 2.45) is 0 Å². The predicted molar refractivity (Wildman–Crippen MR) is 87.6 cm³/mol. The fraction of sp³-hybridized carbons (Fsp3) is 0.235. The van der Waals surface area contributed by atoms with Crippen molar-refractivity contribution in [3.8, 4) is 5.75 Å².